The molecule has 0 saturated carbocycles. The third-order valence-electron chi connectivity index (χ3n) is 2.00. The molecule has 114 valence electrons. The van der Waals surface area contributed by atoms with E-state index in [1.807, 2.05) is 5.32 Å². The number of nitrogen functional groups attached to an aromatic ring is 1. The molecule has 0 aliphatic heterocycles. The molecule has 1 aromatic rings. The molecule has 1 heterocycles. The first-order chi connectivity index (χ1) is 9.04. The number of nitrogens with zero attached hydrogens (tertiary/aromatic N) is 2. The number of aromatic nitrogens is 2. The second-order valence-corrected chi connectivity index (χ2v) is 3.54. The van der Waals surface area contributed by atoms with Crippen LogP contribution in [0, 0.1) is 0 Å². The number of aliphatic hydroxyl groups is 1. The zero-order valence-corrected chi connectivity index (χ0v) is 9.55. The van der Waals surface area contributed by atoms with E-state index >= 15 is 0 Å². The van der Waals surface area contributed by atoms with Crippen molar-refractivity contribution in [1.82, 2.24) is 9.97 Å². The Hall–Kier alpha value is -1.82. The van der Waals surface area contributed by atoms with E-state index in [4.69, 9.17) is 10.9 Å². The van der Waals surface area contributed by atoms with E-state index < -0.39 is 42.5 Å². The summed E-state index contributed by atoms with van der Waals surface area (Å²) in [5.41, 5.74) is 0.352. The van der Waals surface area contributed by atoms with Crippen molar-refractivity contribution >= 4 is 11.8 Å². The van der Waals surface area contributed by atoms with Gasteiger partial charge in [-0.05, 0) is 0 Å². The lowest BCUT2D eigenvalue weighted by Gasteiger charge is -2.16. The van der Waals surface area contributed by atoms with E-state index in [9.17, 15) is 26.3 Å². The van der Waals surface area contributed by atoms with Gasteiger partial charge in [0.1, 0.15) is 5.82 Å². The first-order valence-corrected chi connectivity index (χ1v) is 4.95. The Labute approximate surface area is 108 Å². The standard InChI is InChI=1S/C8H9F6N5O/c9-7(10,11)3-1-5(18-6(17-3)19-15)16-2-4(20)8(12,13)14/h1,4,20H,2,15H2,(H2,16,17,18,19). The SMILES string of the molecule is NNc1nc(NCC(O)C(F)(F)F)cc(C(F)(F)F)n1. The molecule has 1 atom stereocenters. The molecule has 5 N–H and O–H groups in total. The van der Waals surface area contributed by atoms with Crippen LogP contribution in [-0.4, -0.2) is 33.9 Å². The fourth-order valence-corrected chi connectivity index (χ4v) is 1.06. The number of hydrogen-bond donors (Lipinski definition) is 4. The molecule has 0 aliphatic carbocycles. The monoisotopic (exact) mass is 305 g/mol. The maximum absolute atomic E-state index is 12.5. The maximum atomic E-state index is 12.5. The van der Waals surface area contributed by atoms with E-state index in [-0.39, 0.29) is 0 Å². The summed E-state index contributed by atoms with van der Waals surface area (Å²) >= 11 is 0. The second kappa shape index (κ2) is 5.66. The fourth-order valence-electron chi connectivity index (χ4n) is 1.06. The predicted octanol–water partition coefficient (Wildman–Crippen LogP) is 1.12. The highest BCUT2D eigenvalue weighted by molar-refractivity contribution is 5.42. The number of halogens is 6. The van der Waals surface area contributed by atoms with Crippen LogP contribution in [0.2, 0.25) is 0 Å². The molecule has 0 amide bonds. The molecule has 1 unspecified atom stereocenters. The van der Waals surface area contributed by atoms with Crippen LogP contribution in [0.25, 0.3) is 0 Å². The van der Waals surface area contributed by atoms with Gasteiger partial charge in [0.15, 0.2) is 11.8 Å². The second-order valence-electron chi connectivity index (χ2n) is 3.54. The molecule has 1 aromatic heterocycles. The average molecular weight is 305 g/mol. The van der Waals surface area contributed by atoms with Crippen LogP contribution in [0.3, 0.4) is 0 Å². The van der Waals surface area contributed by atoms with E-state index in [1.165, 1.54) is 0 Å². The van der Waals surface area contributed by atoms with Crippen molar-refractivity contribution in [1.29, 1.82) is 0 Å². The number of rotatable bonds is 4. The Balaban J connectivity index is 2.90. The van der Waals surface area contributed by atoms with Crippen LogP contribution >= 0.6 is 0 Å². The highest BCUT2D eigenvalue weighted by Gasteiger charge is 2.38. The zero-order chi connectivity index (χ0) is 15.6. The van der Waals surface area contributed by atoms with Crippen molar-refractivity contribution in [3.8, 4) is 0 Å². The number of anilines is 2. The van der Waals surface area contributed by atoms with Crippen LogP contribution in [-0.2, 0) is 6.18 Å². The van der Waals surface area contributed by atoms with Gasteiger partial charge in [0, 0.05) is 6.07 Å². The van der Waals surface area contributed by atoms with Crippen molar-refractivity contribution in [3.05, 3.63) is 11.8 Å². The smallest absolute Gasteiger partial charge is 0.382 e. The van der Waals surface area contributed by atoms with Crippen molar-refractivity contribution in [2.24, 2.45) is 5.84 Å². The summed E-state index contributed by atoms with van der Waals surface area (Å²) in [4.78, 5) is 6.38. The first-order valence-electron chi connectivity index (χ1n) is 4.95. The van der Waals surface area contributed by atoms with Crippen molar-refractivity contribution in [3.63, 3.8) is 0 Å². The minimum absolute atomic E-state index is 0.393. The van der Waals surface area contributed by atoms with E-state index in [0.717, 1.165) is 0 Å². The fraction of sp³-hybridized carbons (Fsp3) is 0.500. The number of aliphatic hydroxyl groups excluding tert-OH is 1. The topological polar surface area (TPSA) is 96.1 Å². The molecule has 6 nitrogen and oxygen atoms in total. The highest BCUT2D eigenvalue weighted by atomic mass is 19.4. The van der Waals surface area contributed by atoms with Crippen molar-refractivity contribution < 1.29 is 31.4 Å². The zero-order valence-electron chi connectivity index (χ0n) is 9.55. The maximum Gasteiger partial charge on any atom is 0.433 e. The van der Waals surface area contributed by atoms with Gasteiger partial charge < -0.3 is 10.4 Å². The lowest BCUT2D eigenvalue weighted by molar-refractivity contribution is -0.198. The lowest BCUT2D eigenvalue weighted by atomic mass is 10.3. The lowest BCUT2D eigenvalue weighted by Crippen LogP contribution is -2.35. The van der Waals surface area contributed by atoms with Crippen LogP contribution < -0.4 is 16.6 Å². The quantitative estimate of drug-likeness (QED) is 0.378. The molecular formula is C8H9F6N5O. The highest BCUT2D eigenvalue weighted by Crippen LogP contribution is 2.29. The van der Waals surface area contributed by atoms with E-state index in [1.54, 1.807) is 5.43 Å². The summed E-state index contributed by atoms with van der Waals surface area (Å²) in [5, 5.41) is 10.6. The Bertz CT molecular complexity index is 462. The Morgan fingerprint density at radius 3 is 2.25 bits per heavy atom. The van der Waals surface area contributed by atoms with Crippen LogP contribution in [0.5, 0.6) is 0 Å². The average Bonchev–Trinajstić information content (AvgIpc) is 2.33. The normalized spacial score (nSPS) is 14.0. The third-order valence-corrected chi connectivity index (χ3v) is 2.00. The van der Waals surface area contributed by atoms with Crippen LogP contribution in [0.15, 0.2) is 6.07 Å². The summed E-state index contributed by atoms with van der Waals surface area (Å²) in [7, 11) is 0. The largest absolute Gasteiger partial charge is 0.433 e. The summed E-state index contributed by atoms with van der Waals surface area (Å²) in [6, 6.07) is 0.393. The van der Waals surface area contributed by atoms with Crippen molar-refractivity contribution in [2.75, 3.05) is 17.3 Å². The first kappa shape index (κ1) is 16.2. The van der Waals surface area contributed by atoms with Gasteiger partial charge in [-0.2, -0.15) is 31.3 Å². The Kier molecular flexibility index (Phi) is 4.60. The van der Waals surface area contributed by atoms with Gasteiger partial charge in [-0.3, -0.25) is 5.43 Å². The van der Waals surface area contributed by atoms with Crippen LogP contribution in [0.1, 0.15) is 5.69 Å². The van der Waals surface area contributed by atoms with Crippen molar-refractivity contribution in [2.45, 2.75) is 18.5 Å². The Morgan fingerprint density at radius 1 is 1.20 bits per heavy atom. The number of hydrogen-bond acceptors (Lipinski definition) is 6. The number of hydrazine groups is 1. The van der Waals surface area contributed by atoms with E-state index in [0.29, 0.717) is 6.07 Å². The number of alkyl halides is 6. The summed E-state index contributed by atoms with van der Waals surface area (Å²) < 4.78 is 73.5. The van der Waals surface area contributed by atoms with Gasteiger partial charge in [-0.1, -0.05) is 0 Å². The van der Waals surface area contributed by atoms with Gasteiger partial charge >= 0.3 is 12.4 Å². The minimum Gasteiger partial charge on any atom is -0.382 e. The molecule has 12 heteroatoms. The number of nitrogens with two attached hydrogens (primary N) is 1. The van der Waals surface area contributed by atoms with Gasteiger partial charge in [0.2, 0.25) is 5.95 Å². The molecule has 0 aromatic carbocycles. The van der Waals surface area contributed by atoms with Gasteiger partial charge in [-0.15, -0.1) is 0 Å². The predicted molar refractivity (Wildman–Crippen MR) is 55.4 cm³/mol. The minimum atomic E-state index is -4.90. The molecule has 0 fully saturated rings. The number of nitrogens with one attached hydrogen (secondary N) is 2. The molecular weight excluding hydrogens is 296 g/mol. The molecule has 0 aliphatic rings. The molecule has 0 saturated heterocycles. The molecule has 20 heavy (non-hydrogen) atoms. The van der Waals surface area contributed by atoms with Gasteiger partial charge in [-0.25, -0.2) is 10.8 Å². The van der Waals surface area contributed by atoms with Crippen LogP contribution in [0.4, 0.5) is 38.1 Å². The van der Waals surface area contributed by atoms with Gasteiger partial charge in [0.05, 0.1) is 6.54 Å². The third kappa shape index (κ3) is 4.38. The summed E-state index contributed by atoms with van der Waals surface area (Å²) in [5.74, 6) is 3.66. The molecule has 0 radical (unpaired) electrons. The molecule has 0 bridgehead atoms. The molecule has 1 rings (SSSR count). The summed E-state index contributed by atoms with van der Waals surface area (Å²) in [6.45, 7) is -1.07. The van der Waals surface area contributed by atoms with E-state index in [2.05, 4.69) is 9.97 Å². The summed E-state index contributed by atoms with van der Waals surface area (Å²) in [6.07, 6.45) is -12.5. The Morgan fingerprint density at radius 2 is 1.80 bits per heavy atom. The molecule has 0 spiro atoms. The van der Waals surface area contributed by atoms with Gasteiger partial charge in [0.25, 0.3) is 0 Å².